The number of benzene rings is 1. The molecule has 1 aromatic carbocycles. The zero-order valence-electron chi connectivity index (χ0n) is 19.3. The number of amides is 2. The third-order valence-electron chi connectivity index (χ3n) is 6.47. The lowest BCUT2D eigenvalue weighted by Crippen LogP contribution is -2.62. The highest BCUT2D eigenvalue weighted by Crippen LogP contribution is 2.35. The number of hydrogen-bond donors (Lipinski definition) is 2. The van der Waals surface area contributed by atoms with Gasteiger partial charge in [0.15, 0.2) is 11.4 Å². The molecule has 9 nitrogen and oxygen atoms in total. The molecular formula is C24H27F2N3O6. The molecule has 1 unspecified atom stereocenters. The first-order valence-electron chi connectivity index (χ1n) is 11.3. The molecule has 4 rings (SSSR count). The molecule has 1 fully saturated rings. The number of fused-ring (bicyclic) bond motifs is 1. The van der Waals surface area contributed by atoms with Gasteiger partial charge in [0.05, 0.1) is 12.1 Å². The first kappa shape index (κ1) is 24.8. The number of halogens is 2. The van der Waals surface area contributed by atoms with Gasteiger partial charge in [0.25, 0.3) is 11.8 Å². The third-order valence-corrected chi connectivity index (χ3v) is 6.47. The summed E-state index contributed by atoms with van der Waals surface area (Å²) in [4.78, 5) is 40.7. The lowest BCUT2D eigenvalue weighted by atomic mass is 9.87. The van der Waals surface area contributed by atoms with E-state index in [0.717, 1.165) is 12.5 Å². The van der Waals surface area contributed by atoms with Crippen LogP contribution in [0.5, 0.6) is 5.75 Å². The van der Waals surface area contributed by atoms with Crippen molar-refractivity contribution in [3.05, 3.63) is 63.1 Å². The summed E-state index contributed by atoms with van der Waals surface area (Å²) < 4.78 is 39.3. The molecule has 0 aliphatic carbocycles. The van der Waals surface area contributed by atoms with Gasteiger partial charge in [0, 0.05) is 57.8 Å². The predicted octanol–water partition coefficient (Wildman–Crippen LogP) is 1.80. The first-order chi connectivity index (χ1) is 16.8. The van der Waals surface area contributed by atoms with E-state index in [-0.39, 0.29) is 36.5 Å². The zero-order valence-corrected chi connectivity index (χ0v) is 19.3. The van der Waals surface area contributed by atoms with Crippen LogP contribution in [0, 0.1) is 11.6 Å². The van der Waals surface area contributed by atoms with Crippen LogP contribution in [0.25, 0.3) is 0 Å². The second-order valence-corrected chi connectivity index (χ2v) is 8.80. The zero-order chi connectivity index (χ0) is 25.2. The van der Waals surface area contributed by atoms with Crippen molar-refractivity contribution in [2.45, 2.75) is 37.9 Å². The molecule has 1 atom stereocenters. The molecule has 0 saturated carbocycles. The number of methoxy groups -OCH3 is 1. The predicted molar refractivity (Wildman–Crippen MR) is 120 cm³/mol. The molecule has 2 aliphatic rings. The Bertz CT molecular complexity index is 1190. The number of carbonyl (C=O) groups excluding carboxylic acids is 2. The summed E-state index contributed by atoms with van der Waals surface area (Å²) in [5.41, 5.74) is -2.25. The second-order valence-electron chi connectivity index (χ2n) is 8.80. The number of nitrogens with zero attached hydrogens (tertiary/aromatic N) is 2. The van der Waals surface area contributed by atoms with Gasteiger partial charge in [0.1, 0.15) is 17.2 Å². The van der Waals surface area contributed by atoms with E-state index in [9.17, 15) is 28.3 Å². The maximum absolute atomic E-state index is 13.9. The van der Waals surface area contributed by atoms with Crippen molar-refractivity contribution >= 4 is 11.8 Å². The van der Waals surface area contributed by atoms with E-state index in [2.05, 4.69) is 5.32 Å². The van der Waals surface area contributed by atoms with Crippen LogP contribution in [-0.2, 0) is 22.6 Å². The second kappa shape index (κ2) is 10.1. The SMILES string of the molecule is COCCCN1C(=O)c2c(O)c(=O)c(C(=O)NCc3ccc(F)cc3F)cn2CC12CCCOC2. The Kier molecular flexibility index (Phi) is 7.18. The average Bonchev–Trinajstić information content (AvgIpc) is 2.83. The van der Waals surface area contributed by atoms with E-state index in [1.807, 2.05) is 0 Å². The number of rotatable bonds is 7. The molecular weight excluding hydrogens is 464 g/mol. The van der Waals surface area contributed by atoms with E-state index in [1.165, 1.54) is 16.8 Å². The Labute approximate surface area is 200 Å². The van der Waals surface area contributed by atoms with Gasteiger partial charge in [-0.15, -0.1) is 0 Å². The molecule has 0 radical (unpaired) electrons. The molecule has 2 aliphatic heterocycles. The molecule has 2 amide bonds. The molecule has 1 saturated heterocycles. The number of pyridine rings is 1. The summed E-state index contributed by atoms with van der Waals surface area (Å²) in [5, 5.41) is 13.1. The average molecular weight is 491 g/mol. The van der Waals surface area contributed by atoms with Crippen LogP contribution in [0.3, 0.4) is 0 Å². The number of carbonyl (C=O) groups is 2. The number of hydrogen-bond acceptors (Lipinski definition) is 6. The summed E-state index contributed by atoms with van der Waals surface area (Å²) in [6.45, 7) is 1.57. The lowest BCUT2D eigenvalue weighted by Gasteiger charge is -2.49. The van der Waals surface area contributed by atoms with Gasteiger partial charge in [-0.3, -0.25) is 14.4 Å². The fourth-order valence-electron chi connectivity index (χ4n) is 4.72. The molecule has 2 aromatic rings. The van der Waals surface area contributed by atoms with E-state index < -0.39 is 40.2 Å². The summed E-state index contributed by atoms with van der Waals surface area (Å²) in [7, 11) is 1.56. The third kappa shape index (κ3) is 4.78. The number of ether oxygens (including phenoxy) is 2. The molecule has 3 heterocycles. The van der Waals surface area contributed by atoms with E-state index in [1.54, 1.807) is 12.0 Å². The van der Waals surface area contributed by atoms with Crippen LogP contribution < -0.4 is 10.7 Å². The van der Waals surface area contributed by atoms with Crippen molar-refractivity contribution in [3.8, 4) is 5.75 Å². The highest BCUT2D eigenvalue weighted by molar-refractivity contribution is 5.99. The van der Waals surface area contributed by atoms with Crippen molar-refractivity contribution in [2.75, 3.05) is 33.5 Å². The van der Waals surface area contributed by atoms with Crippen molar-refractivity contribution < 1.29 is 33.0 Å². The molecule has 188 valence electrons. The number of nitrogens with one attached hydrogen (secondary N) is 1. The Balaban J connectivity index is 1.65. The Hall–Kier alpha value is -3.31. The van der Waals surface area contributed by atoms with Gasteiger partial charge in [-0.1, -0.05) is 6.07 Å². The van der Waals surface area contributed by atoms with Crippen LogP contribution in [-0.4, -0.2) is 65.4 Å². The van der Waals surface area contributed by atoms with Crippen LogP contribution in [0.15, 0.2) is 29.2 Å². The summed E-state index contributed by atoms with van der Waals surface area (Å²) in [6, 6.07) is 2.93. The number of aromatic nitrogens is 1. The van der Waals surface area contributed by atoms with Crippen molar-refractivity contribution in [1.82, 2.24) is 14.8 Å². The Morgan fingerprint density at radius 2 is 2.11 bits per heavy atom. The molecule has 1 aromatic heterocycles. The number of aromatic hydroxyl groups is 1. The van der Waals surface area contributed by atoms with Gasteiger partial charge in [-0.2, -0.15) is 0 Å². The van der Waals surface area contributed by atoms with Crippen LogP contribution >= 0.6 is 0 Å². The minimum atomic E-state index is -1.01. The largest absolute Gasteiger partial charge is 0.503 e. The van der Waals surface area contributed by atoms with Crippen molar-refractivity contribution in [3.63, 3.8) is 0 Å². The molecule has 35 heavy (non-hydrogen) atoms. The van der Waals surface area contributed by atoms with E-state index in [4.69, 9.17) is 9.47 Å². The first-order valence-corrected chi connectivity index (χ1v) is 11.3. The van der Waals surface area contributed by atoms with Crippen LogP contribution in [0.2, 0.25) is 0 Å². The molecule has 1 spiro atoms. The van der Waals surface area contributed by atoms with Gasteiger partial charge in [-0.05, 0) is 25.3 Å². The Morgan fingerprint density at radius 1 is 1.31 bits per heavy atom. The van der Waals surface area contributed by atoms with Gasteiger partial charge < -0.3 is 29.4 Å². The normalized spacial score (nSPS) is 19.6. The Morgan fingerprint density at radius 3 is 2.80 bits per heavy atom. The summed E-state index contributed by atoms with van der Waals surface area (Å²) >= 11 is 0. The van der Waals surface area contributed by atoms with Crippen LogP contribution in [0.4, 0.5) is 8.78 Å². The molecule has 2 N–H and O–H groups in total. The maximum atomic E-state index is 13.9. The van der Waals surface area contributed by atoms with Gasteiger partial charge in [0.2, 0.25) is 5.43 Å². The summed E-state index contributed by atoms with van der Waals surface area (Å²) in [5.74, 6) is -3.79. The van der Waals surface area contributed by atoms with Gasteiger partial charge >= 0.3 is 0 Å². The lowest BCUT2D eigenvalue weighted by molar-refractivity contribution is -0.0558. The van der Waals surface area contributed by atoms with E-state index in [0.29, 0.717) is 38.7 Å². The smallest absolute Gasteiger partial charge is 0.275 e. The van der Waals surface area contributed by atoms with Crippen molar-refractivity contribution in [2.24, 2.45) is 0 Å². The maximum Gasteiger partial charge on any atom is 0.275 e. The topological polar surface area (TPSA) is 110 Å². The fraction of sp³-hybridized carbons (Fsp3) is 0.458. The minimum Gasteiger partial charge on any atom is -0.503 e. The summed E-state index contributed by atoms with van der Waals surface area (Å²) in [6.07, 6.45) is 3.19. The highest BCUT2D eigenvalue weighted by Gasteiger charge is 2.47. The minimum absolute atomic E-state index is 0.0298. The highest BCUT2D eigenvalue weighted by atomic mass is 19.1. The standard InChI is InChI=1S/C24H27F2N3O6/c1-34-8-3-7-29-23(33)19-21(31)20(30)17(12-28(19)13-24(29)6-2-9-35-14-24)22(32)27-11-15-4-5-16(25)10-18(15)26/h4-5,10,12,31H,2-3,6-9,11,13-14H2,1H3,(H,27,32). The monoisotopic (exact) mass is 491 g/mol. The van der Waals surface area contributed by atoms with Crippen LogP contribution in [0.1, 0.15) is 45.7 Å². The fourth-order valence-corrected chi connectivity index (χ4v) is 4.72. The quantitative estimate of drug-likeness (QED) is 0.572. The molecule has 0 bridgehead atoms. The van der Waals surface area contributed by atoms with Gasteiger partial charge in [-0.25, -0.2) is 8.78 Å². The van der Waals surface area contributed by atoms with E-state index >= 15 is 0 Å². The molecule has 11 heteroatoms. The van der Waals surface area contributed by atoms with Crippen molar-refractivity contribution in [1.29, 1.82) is 0 Å².